The van der Waals surface area contributed by atoms with E-state index in [0.29, 0.717) is 6.54 Å². The molecule has 1 atom stereocenters. The highest BCUT2D eigenvalue weighted by molar-refractivity contribution is 7.11. The maximum Gasteiger partial charge on any atom is 0.0900 e. The van der Waals surface area contributed by atoms with Crippen molar-refractivity contribution in [3.05, 3.63) is 15.6 Å². The van der Waals surface area contributed by atoms with Crippen LogP contribution in [-0.4, -0.2) is 22.2 Å². The van der Waals surface area contributed by atoms with E-state index in [-0.39, 0.29) is 0 Å². The Morgan fingerprint density at radius 1 is 1.44 bits per heavy atom. The molecule has 1 unspecified atom stereocenters. The zero-order valence-electron chi connectivity index (χ0n) is 10.6. The Morgan fingerprint density at radius 2 is 2.12 bits per heavy atom. The molecule has 0 aliphatic heterocycles. The van der Waals surface area contributed by atoms with Crippen molar-refractivity contribution in [3.8, 4) is 0 Å². The zero-order valence-corrected chi connectivity index (χ0v) is 11.4. The van der Waals surface area contributed by atoms with Gasteiger partial charge in [0.2, 0.25) is 0 Å². The lowest BCUT2D eigenvalue weighted by molar-refractivity contribution is 0.0498. The predicted molar refractivity (Wildman–Crippen MR) is 68.8 cm³/mol. The number of thiazole rings is 1. The third-order valence-corrected chi connectivity index (χ3v) is 3.65. The molecule has 1 rings (SSSR count). The van der Waals surface area contributed by atoms with E-state index in [0.717, 1.165) is 30.1 Å². The molecule has 0 amide bonds. The fourth-order valence-corrected chi connectivity index (χ4v) is 2.72. The molecule has 4 heteroatoms. The van der Waals surface area contributed by atoms with Crippen LogP contribution in [0.3, 0.4) is 0 Å². The van der Waals surface area contributed by atoms with Crippen LogP contribution in [0.15, 0.2) is 0 Å². The Kier molecular flexibility index (Phi) is 4.89. The molecule has 0 radical (unpaired) electrons. The first-order valence-corrected chi connectivity index (χ1v) is 6.62. The van der Waals surface area contributed by atoms with Crippen LogP contribution < -0.4 is 5.32 Å². The monoisotopic (exact) mass is 242 g/mol. The molecule has 92 valence electrons. The van der Waals surface area contributed by atoms with Crippen molar-refractivity contribution in [2.24, 2.45) is 0 Å². The second-order valence-corrected chi connectivity index (χ2v) is 5.88. The van der Waals surface area contributed by atoms with E-state index >= 15 is 0 Å². The van der Waals surface area contributed by atoms with Crippen molar-refractivity contribution < 1.29 is 5.11 Å². The minimum atomic E-state index is -0.595. The first kappa shape index (κ1) is 13.6. The van der Waals surface area contributed by atoms with E-state index in [1.54, 1.807) is 11.3 Å². The number of hydrogen-bond donors (Lipinski definition) is 2. The molecule has 2 N–H and O–H groups in total. The van der Waals surface area contributed by atoms with Gasteiger partial charge in [-0.05, 0) is 27.2 Å². The van der Waals surface area contributed by atoms with Gasteiger partial charge in [0, 0.05) is 18.0 Å². The first-order valence-electron chi connectivity index (χ1n) is 5.80. The highest BCUT2D eigenvalue weighted by Crippen LogP contribution is 2.17. The lowest BCUT2D eigenvalue weighted by Gasteiger charge is -2.22. The second-order valence-electron chi connectivity index (χ2n) is 4.59. The fraction of sp³-hybridized carbons (Fsp3) is 0.750. The molecule has 3 nitrogen and oxygen atoms in total. The second kappa shape index (κ2) is 5.75. The summed E-state index contributed by atoms with van der Waals surface area (Å²) in [6.07, 6.45) is 1.84. The Bertz CT molecular complexity index is 334. The van der Waals surface area contributed by atoms with E-state index in [1.807, 2.05) is 20.8 Å². The van der Waals surface area contributed by atoms with Gasteiger partial charge in [0.15, 0.2) is 0 Å². The summed E-state index contributed by atoms with van der Waals surface area (Å²) in [5.74, 6) is 0. The maximum absolute atomic E-state index is 9.99. The van der Waals surface area contributed by atoms with E-state index in [1.165, 1.54) is 4.88 Å². The molecule has 1 heterocycles. The third-order valence-electron chi connectivity index (χ3n) is 2.58. The number of aromatic nitrogens is 1. The van der Waals surface area contributed by atoms with E-state index < -0.39 is 5.60 Å². The van der Waals surface area contributed by atoms with Gasteiger partial charge in [0.25, 0.3) is 0 Å². The van der Waals surface area contributed by atoms with Crippen LogP contribution in [0.5, 0.6) is 0 Å². The number of nitrogens with zero attached hydrogens (tertiary/aromatic N) is 1. The zero-order chi connectivity index (χ0) is 12.2. The van der Waals surface area contributed by atoms with Crippen molar-refractivity contribution >= 4 is 11.3 Å². The molecule has 0 saturated heterocycles. The van der Waals surface area contributed by atoms with Crippen LogP contribution in [0.1, 0.15) is 42.3 Å². The molecular formula is C12H22N2OS. The molecule has 1 aromatic heterocycles. The quantitative estimate of drug-likeness (QED) is 0.805. The minimum Gasteiger partial charge on any atom is -0.389 e. The average molecular weight is 242 g/mol. The standard InChI is InChI=1S/C12H22N2OS/c1-5-6-12(4,15)8-13-7-11-9(2)14-10(3)16-11/h13,15H,5-8H2,1-4H3. The molecule has 0 saturated carbocycles. The van der Waals surface area contributed by atoms with Crippen molar-refractivity contribution in [3.63, 3.8) is 0 Å². The molecule has 0 bridgehead atoms. The number of hydrogen-bond acceptors (Lipinski definition) is 4. The summed E-state index contributed by atoms with van der Waals surface area (Å²) in [5.41, 5.74) is 0.507. The lowest BCUT2D eigenvalue weighted by Crippen LogP contribution is -2.37. The fourth-order valence-electron chi connectivity index (χ4n) is 1.81. The highest BCUT2D eigenvalue weighted by Gasteiger charge is 2.18. The van der Waals surface area contributed by atoms with Gasteiger partial charge in [0.05, 0.1) is 16.3 Å². The molecule has 0 fully saturated rings. The van der Waals surface area contributed by atoms with Crippen LogP contribution >= 0.6 is 11.3 Å². The Balaban J connectivity index is 2.38. The van der Waals surface area contributed by atoms with Gasteiger partial charge in [-0.1, -0.05) is 13.3 Å². The number of aliphatic hydroxyl groups is 1. The smallest absolute Gasteiger partial charge is 0.0900 e. The molecule has 16 heavy (non-hydrogen) atoms. The Hall–Kier alpha value is -0.450. The Labute approximate surface area is 102 Å². The SMILES string of the molecule is CCCC(C)(O)CNCc1sc(C)nc1C. The largest absolute Gasteiger partial charge is 0.389 e. The van der Waals surface area contributed by atoms with Crippen molar-refractivity contribution in [2.75, 3.05) is 6.54 Å². The molecule has 0 aliphatic carbocycles. The van der Waals surface area contributed by atoms with Crippen LogP contribution in [0.4, 0.5) is 0 Å². The first-order chi connectivity index (χ1) is 7.44. The summed E-state index contributed by atoms with van der Waals surface area (Å²) in [6, 6.07) is 0. The highest BCUT2D eigenvalue weighted by atomic mass is 32.1. The summed E-state index contributed by atoms with van der Waals surface area (Å²) in [7, 11) is 0. The predicted octanol–water partition coefficient (Wildman–Crippen LogP) is 2.40. The number of aryl methyl sites for hydroxylation is 2. The van der Waals surface area contributed by atoms with Crippen molar-refractivity contribution in [2.45, 2.75) is 52.7 Å². The van der Waals surface area contributed by atoms with Gasteiger partial charge in [-0.2, -0.15) is 0 Å². The molecule has 0 aromatic carbocycles. The van der Waals surface area contributed by atoms with Gasteiger partial charge in [-0.15, -0.1) is 11.3 Å². The van der Waals surface area contributed by atoms with Gasteiger partial charge < -0.3 is 10.4 Å². The summed E-state index contributed by atoms with van der Waals surface area (Å²) < 4.78 is 0. The van der Waals surface area contributed by atoms with E-state index in [2.05, 4.69) is 17.2 Å². The van der Waals surface area contributed by atoms with Crippen LogP contribution in [0.2, 0.25) is 0 Å². The Morgan fingerprint density at radius 3 is 2.62 bits per heavy atom. The van der Waals surface area contributed by atoms with Gasteiger partial charge >= 0.3 is 0 Å². The van der Waals surface area contributed by atoms with Crippen LogP contribution in [0, 0.1) is 13.8 Å². The van der Waals surface area contributed by atoms with Crippen LogP contribution in [0.25, 0.3) is 0 Å². The van der Waals surface area contributed by atoms with Crippen molar-refractivity contribution in [1.82, 2.24) is 10.3 Å². The number of rotatable bonds is 6. The topological polar surface area (TPSA) is 45.1 Å². The third kappa shape index (κ3) is 4.20. The lowest BCUT2D eigenvalue weighted by atomic mass is 10.0. The maximum atomic E-state index is 9.99. The molecule has 0 spiro atoms. The molecule has 0 aliphatic rings. The molecular weight excluding hydrogens is 220 g/mol. The number of nitrogens with one attached hydrogen (secondary N) is 1. The van der Waals surface area contributed by atoms with Crippen molar-refractivity contribution in [1.29, 1.82) is 0 Å². The minimum absolute atomic E-state index is 0.595. The van der Waals surface area contributed by atoms with E-state index in [9.17, 15) is 5.11 Å². The van der Waals surface area contributed by atoms with Gasteiger partial charge in [-0.25, -0.2) is 4.98 Å². The van der Waals surface area contributed by atoms with Gasteiger partial charge in [-0.3, -0.25) is 0 Å². The van der Waals surface area contributed by atoms with E-state index in [4.69, 9.17) is 0 Å². The van der Waals surface area contributed by atoms with Crippen LogP contribution in [-0.2, 0) is 6.54 Å². The normalized spacial score (nSPS) is 15.1. The summed E-state index contributed by atoms with van der Waals surface area (Å²) in [6.45, 7) is 9.47. The van der Waals surface area contributed by atoms with Gasteiger partial charge in [0.1, 0.15) is 0 Å². The summed E-state index contributed by atoms with van der Waals surface area (Å²) >= 11 is 1.72. The molecule has 1 aromatic rings. The average Bonchev–Trinajstić information content (AvgIpc) is 2.44. The summed E-state index contributed by atoms with van der Waals surface area (Å²) in [4.78, 5) is 5.65. The summed E-state index contributed by atoms with van der Waals surface area (Å²) in [5, 5.41) is 14.4.